The van der Waals surface area contributed by atoms with Crippen molar-refractivity contribution in [1.29, 1.82) is 0 Å². The zero-order chi connectivity index (χ0) is 57.8. The van der Waals surface area contributed by atoms with E-state index >= 15 is 0 Å². The predicted molar refractivity (Wildman–Crippen MR) is 316 cm³/mol. The first-order valence-corrected chi connectivity index (χ1v) is 41.4. The molecule has 0 amide bonds. The molecule has 1 atom stereocenters. The zero-order valence-electron chi connectivity index (χ0n) is 42.9. The van der Waals surface area contributed by atoms with Crippen molar-refractivity contribution in [2.24, 2.45) is 5.14 Å². The molecule has 6 aromatic carbocycles. The van der Waals surface area contributed by atoms with E-state index in [1.54, 1.807) is 61.3 Å². The van der Waals surface area contributed by atoms with Crippen LogP contribution in [0.1, 0.15) is 49.4 Å². The number of nitrogens with one attached hydrogen (secondary N) is 1. The fraction of sp³-hybridized carbons (Fsp3) is 0.229. The summed E-state index contributed by atoms with van der Waals surface area (Å²) in [6.45, 7) is 16.7. The smallest absolute Gasteiger partial charge is 1.00 e. The number of primary sulfonamides is 1. The number of hydrogen-bond acceptors (Lipinski definition) is 14. The Morgan fingerprint density at radius 1 is 0.526 bits per heavy atom. The normalized spacial score (nSPS) is 11.7. The molecule has 16 nitrogen and oxygen atoms in total. The third kappa shape index (κ3) is 23.7. The Morgan fingerprint density at radius 3 is 1.07 bits per heavy atom. The number of rotatable bonds is 13. The van der Waals surface area contributed by atoms with Gasteiger partial charge in [-0.2, -0.15) is 6.92 Å². The molecule has 0 bridgehead atoms. The van der Waals surface area contributed by atoms with Crippen LogP contribution in [0.25, 0.3) is 0 Å². The molecule has 3 N–H and O–H groups in total. The summed E-state index contributed by atoms with van der Waals surface area (Å²) < 4.78 is 159. The number of hydrogen-bond donors (Lipinski definition) is 2. The molecule has 0 saturated carbocycles. The Labute approximate surface area is 509 Å². The molecule has 0 spiro atoms. The molecule has 0 radical (unpaired) electrons. The fourth-order valence-electron chi connectivity index (χ4n) is 5.44. The Balaban J connectivity index is 0.00000110. The van der Waals surface area contributed by atoms with Gasteiger partial charge in [-0.3, -0.25) is 0 Å². The first kappa shape index (κ1) is 74.2. The van der Waals surface area contributed by atoms with Gasteiger partial charge < -0.3 is 16.4 Å². The van der Waals surface area contributed by atoms with Crippen LogP contribution in [-0.2, 0) is 68.3 Å². The SMILES string of the molecule is CCC(C)I.COc1ccc(S(=O)(=O)c2ccc(C)cc2)cc1S(=O)(=O)Cl.COc1ccc(S(=O)(=O)c2ccc(C)cc2)cc1S(=O)(=O)NS(=O)(=O)c1ccc(C)cc1.Cc1ccc(S(N)(=O)=O)cc1.[CH2-]C.[I][V][I].[Li+]. The third-order valence-corrected chi connectivity index (χ3v) is 19.8. The molecule has 0 aliphatic heterocycles. The molecule has 0 aliphatic carbocycles. The molecule has 28 heteroatoms. The maximum absolute atomic E-state index is 13.0. The Kier molecular flexibility index (Phi) is 33.0. The molecule has 0 aromatic heterocycles. The van der Waals surface area contributed by atoms with Gasteiger partial charge in [0.2, 0.25) is 29.7 Å². The Bertz CT molecular complexity index is 3500. The Morgan fingerprint density at radius 2 is 0.789 bits per heavy atom. The number of alkyl halides is 1. The zero-order valence-corrected chi connectivity index (χ0v) is 56.4. The molecule has 76 heavy (non-hydrogen) atoms. The molecule has 0 heterocycles. The average Bonchev–Trinajstić information content (AvgIpc) is 3.34. The number of sulfone groups is 2. The van der Waals surface area contributed by atoms with Gasteiger partial charge in [-0.05, 0) is 119 Å². The van der Waals surface area contributed by atoms with Crippen molar-refractivity contribution in [3.05, 3.63) is 163 Å². The van der Waals surface area contributed by atoms with Gasteiger partial charge in [-0.15, -0.1) is 4.13 Å². The maximum atomic E-state index is 13.0. The van der Waals surface area contributed by atoms with E-state index in [0.717, 1.165) is 44.4 Å². The van der Waals surface area contributed by atoms with E-state index in [9.17, 15) is 50.5 Å². The second-order valence-electron chi connectivity index (χ2n) is 15.2. The molecule has 0 saturated heterocycles. The molecule has 6 aromatic rings. The summed E-state index contributed by atoms with van der Waals surface area (Å²) in [6, 6.07) is 31.0. The van der Waals surface area contributed by atoms with Crippen LogP contribution in [0.5, 0.6) is 11.5 Å². The first-order chi connectivity index (χ1) is 34.7. The van der Waals surface area contributed by atoms with Crippen molar-refractivity contribution < 1.29 is 88.3 Å². The summed E-state index contributed by atoms with van der Waals surface area (Å²) in [5.74, 6) is -0.225. The van der Waals surface area contributed by atoms with Crippen molar-refractivity contribution in [3.63, 3.8) is 0 Å². The number of nitrogens with two attached hydrogens (primary N) is 1. The summed E-state index contributed by atoms with van der Waals surface area (Å²) in [4.78, 5) is -1.56. The summed E-state index contributed by atoms with van der Waals surface area (Å²) in [5.41, 5.74) is 3.57. The monoisotopic (exact) mass is 1550 g/mol. The van der Waals surface area contributed by atoms with Crippen LogP contribution in [0.15, 0.2) is 173 Å². The molecule has 0 aliphatic rings. The van der Waals surface area contributed by atoms with Crippen molar-refractivity contribution in [1.82, 2.24) is 4.13 Å². The van der Waals surface area contributed by atoms with Gasteiger partial charge in [-0.1, -0.05) is 107 Å². The van der Waals surface area contributed by atoms with E-state index in [1.165, 1.54) is 99.5 Å². The van der Waals surface area contributed by atoms with Gasteiger partial charge in [-0.25, -0.2) is 55.6 Å². The number of aryl methyl sites for hydroxylation is 4. The molecule has 1 unspecified atom stereocenters. The van der Waals surface area contributed by atoms with E-state index in [2.05, 4.69) is 83.3 Å². The van der Waals surface area contributed by atoms with Gasteiger partial charge in [0, 0.05) is 14.6 Å². The summed E-state index contributed by atoms with van der Waals surface area (Å²) in [7, 11) is -16.3. The van der Waals surface area contributed by atoms with Crippen LogP contribution in [0, 0.1) is 34.6 Å². The molecular formula is C48H57ClI3LiN2O14S6V. The van der Waals surface area contributed by atoms with Gasteiger partial charge in [0.1, 0.15) is 21.3 Å². The Hall–Kier alpha value is -1.80. The van der Waals surface area contributed by atoms with Crippen LogP contribution < -0.4 is 37.6 Å². The van der Waals surface area contributed by atoms with E-state index in [1.807, 2.05) is 13.8 Å². The second kappa shape index (κ2) is 33.8. The van der Waals surface area contributed by atoms with Gasteiger partial charge in [0.25, 0.3) is 29.1 Å². The molecular weight excluding hydrogens is 1490 g/mol. The van der Waals surface area contributed by atoms with E-state index in [0.29, 0.717) is 9.47 Å². The average molecular weight is 1550 g/mol. The van der Waals surface area contributed by atoms with E-state index < -0.39 is 63.7 Å². The van der Waals surface area contributed by atoms with Crippen molar-refractivity contribution in [3.8, 4) is 11.5 Å². The number of halogens is 4. The predicted octanol–water partition coefficient (Wildman–Crippen LogP) is 8.05. The maximum Gasteiger partial charge on any atom is 1.00 e. The molecule has 6 rings (SSSR count). The third-order valence-electron chi connectivity index (χ3n) is 9.57. The minimum absolute atomic E-state index is 0. The summed E-state index contributed by atoms with van der Waals surface area (Å²) in [6.07, 6.45) is 1.29. The molecule has 0 fully saturated rings. The second-order valence-corrected chi connectivity index (χ2v) is 40.7. The van der Waals surface area contributed by atoms with Crippen molar-refractivity contribution in [2.75, 3.05) is 14.2 Å². The van der Waals surface area contributed by atoms with Crippen LogP contribution in [-0.4, -0.2) is 68.7 Å². The molecule has 413 valence electrons. The van der Waals surface area contributed by atoms with Gasteiger partial charge >= 0.3 is 68.3 Å². The van der Waals surface area contributed by atoms with Crippen LogP contribution in [0.3, 0.4) is 0 Å². The largest absolute Gasteiger partial charge is 1.00 e. The number of benzene rings is 6. The number of ether oxygens (including phenoxy) is 2. The van der Waals surface area contributed by atoms with Crippen LogP contribution >= 0.6 is 73.2 Å². The van der Waals surface area contributed by atoms with Crippen molar-refractivity contribution in [2.45, 2.75) is 98.0 Å². The minimum Gasteiger partial charge on any atom is 1.00 e. The fourth-order valence-corrected chi connectivity index (χ4v) is 12.8. The minimum atomic E-state index is -4.72. The van der Waals surface area contributed by atoms with Crippen LogP contribution in [0.4, 0.5) is 0 Å². The first-order valence-electron chi connectivity index (χ1n) is 21.4. The van der Waals surface area contributed by atoms with Crippen molar-refractivity contribution >= 4 is 132 Å². The standard InChI is InChI=1S/C21H21NO7S3.C14H13ClO5S2.C7H9NO2S.C4H9I.C2H5.2HI.Li.V/c1-15-4-8-17(9-5-15)30(23,24)19-12-13-20(29-3)21(14-19)32(27,28)22-31(25,26)18-10-6-16(2)7-11-18;1-10-3-5-11(6-4-10)21(16,17)12-7-8-13(20-2)14(9-12)22(15,18)19;1-6-2-4-7(5-3-6)11(8,9)10;1-3-4(2)5;1-2;;;;/h4-14,22H,1-3H3;3-9H,1-2H3;2-5H,1H3,(H2,8,9,10);4H,3H2,1-2H3;1H2,2H3;2*1H;;/q;;;;-1;;;+1;+2/p-2. The topological polar surface area (TPSA) is 261 Å². The van der Waals surface area contributed by atoms with E-state index in [4.69, 9.17) is 25.3 Å². The number of sulfonamides is 3. The van der Waals surface area contributed by atoms with Gasteiger partial charge in [0.05, 0.1) is 43.6 Å². The van der Waals surface area contributed by atoms with Gasteiger partial charge in [0.15, 0.2) is 0 Å². The quantitative estimate of drug-likeness (QED) is 0.0365. The summed E-state index contributed by atoms with van der Waals surface area (Å²) >= 11 is 7.14. The van der Waals surface area contributed by atoms with Crippen LogP contribution in [0.2, 0.25) is 0 Å². The summed E-state index contributed by atoms with van der Waals surface area (Å²) in [5, 5.41) is 4.88. The number of methoxy groups -OCH3 is 2. The van der Waals surface area contributed by atoms with E-state index in [-0.39, 0.29) is 64.6 Å².